The molecule has 7 nitrogen and oxygen atoms in total. The fourth-order valence-electron chi connectivity index (χ4n) is 2.96. The Bertz CT molecular complexity index is 1290. The topological polar surface area (TPSA) is 100 Å². The van der Waals surface area contributed by atoms with E-state index >= 15 is 0 Å². The van der Waals surface area contributed by atoms with Crippen LogP contribution in [0.15, 0.2) is 80.7 Å². The number of halogens is 1. The Balaban J connectivity index is 1.59. The molecule has 0 saturated carbocycles. The first kappa shape index (κ1) is 20.1. The monoisotopic (exact) mass is 442 g/mol. The lowest BCUT2D eigenvalue weighted by Crippen LogP contribution is -2.21. The van der Waals surface area contributed by atoms with Crippen molar-refractivity contribution in [2.45, 2.75) is 11.8 Å². The van der Waals surface area contributed by atoms with Crippen molar-refractivity contribution in [2.24, 2.45) is 5.10 Å². The van der Waals surface area contributed by atoms with Crippen molar-refractivity contribution in [2.75, 3.05) is 5.01 Å². The largest absolute Gasteiger partial charge is 0.457 e. The number of carbonyl (C=O) groups is 1. The van der Waals surface area contributed by atoms with Gasteiger partial charge in [-0.3, -0.25) is 9.35 Å². The summed E-state index contributed by atoms with van der Waals surface area (Å²) in [6.45, 7) is 1.69. The van der Waals surface area contributed by atoms with Crippen LogP contribution in [0, 0.1) is 0 Å². The Morgan fingerprint density at radius 2 is 1.70 bits per heavy atom. The molecule has 0 bridgehead atoms. The van der Waals surface area contributed by atoms with Gasteiger partial charge in [0, 0.05) is 10.6 Å². The molecule has 1 N–H and O–H groups in total. The lowest BCUT2D eigenvalue weighted by Gasteiger charge is -2.11. The number of amides is 1. The zero-order valence-corrected chi connectivity index (χ0v) is 17.2. The van der Waals surface area contributed by atoms with Gasteiger partial charge in [0.1, 0.15) is 11.5 Å². The molecule has 30 heavy (non-hydrogen) atoms. The highest BCUT2D eigenvalue weighted by atomic mass is 35.5. The van der Waals surface area contributed by atoms with Crippen LogP contribution < -0.4 is 5.01 Å². The molecule has 152 valence electrons. The van der Waals surface area contributed by atoms with Gasteiger partial charge >= 0.3 is 0 Å². The van der Waals surface area contributed by atoms with Gasteiger partial charge in [-0.1, -0.05) is 11.6 Å². The van der Waals surface area contributed by atoms with E-state index in [4.69, 9.17) is 20.6 Å². The van der Waals surface area contributed by atoms with Crippen molar-refractivity contribution in [1.29, 1.82) is 0 Å². The van der Waals surface area contributed by atoms with E-state index in [0.29, 0.717) is 33.5 Å². The van der Waals surface area contributed by atoms with Crippen molar-refractivity contribution in [3.8, 4) is 11.3 Å². The molecule has 0 saturated heterocycles. The summed E-state index contributed by atoms with van der Waals surface area (Å²) >= 11 is 5.91. The summed E-state index contributed by atoms with van der Waals surface area (Å²) in [5, 5.41) is 6.04. The number of nitrogens with zero attached hydrogens (tertiary/aromatic N) is 2. The Kier molecular flexibility index (Phi) is 5.07. The molecule has 0 unspecified atom stereocenters. The number of furan rings is 1. The number of benzene rings is 2. The summed E-state index contributed by atoms with van der Waals surface area (Å²) in [7, 11) is -4.31. The van der Waals surface area contributed by atoms with Crippen LogP contribution in [0.1, 0.15) is 12.7 Å². The predicted octanol–water partition coefficient (Wildman–Crippen LogP) is 4.65. The third kappa shape index (κ3) is 3.93. The zero-order valence-electron chi connectivity index (χ0n) is 15.6. The minimum atomic E-state index is -4.31. The van der Waals surface area contributed by atoms with Crippen molar-refractivity contribution in [1.82, 2.24) is 0 Å². The van der Waals surface area contributed by atoms with Crippen LogP contribution in [-0.2, 0) is 14.9 Å². The van der Waals surface area contributed by atoms with E-state index in [1.165, 1.54) is 24.3 Å². The van der Waals surface area contributed by atoms with Crippen LogP contribution >= 0.6 is 11.6 Å². The maximum absolute atomic E-state index is 12.8. The van der Waals surface area contributed by atoms with Crippen LogP contribution in [0.4, 0.5) is 5.69 Å². The molecule has 0 fully saturated rings. The smallest absolute Gasteiger partial charge is 0.294 e. The maximum Gasteiger partial charge on any atom is 0.294 e. The molecule has 1 aliphatic rings. The summed E-state index contributed by atoms with van der Waals surface area (Å²) < 4.78 is 37.3. The van der Waals surface area contributed by atoms with Gasteiger partial charge in [-0.15, -0.1) is 0 Å². The van der Waals surface area contributed by atoms with Gasteiger partial charge in [0.25, 0.3) is 16.0 Å². The Morgan fingerprint density at radius 1 is 1.03 bits per heavy atom. The minimum Gasteiger partial charge on any atom is -0.457 e. The number of hydrazone groups is 1. The lowest BCUT2D eigenvalue weighted by atomic mass is 10.1. The fourth-order valence-corrected chi connectivity index (χ4v) is 3.57. The molecule has 0 spiro atoms. The normalized spacial score (nSPS) is 15.7. The first-order valence-electron chi connectivity index (χ1n) is 8.77. The molecule has 0 aliphatic carbocycles. The van der Waals surface area contributed by atoms with E-state index in [9.17, 15) is 13.2 Å². The average molecular weight is 443 g/mol. The Labute approximate surface area is 177 Å². The Hall–Kier alpha value is -3.20. The molecule has 0 radical (unpaired) electrons. The van der Waals surface area contributed by atoms with Crippen molar-refractivity contribution in [3.05, 3.63) is 77.0 Å². The van der Waals surface area contributed by atoms with Gasteiger partial charge in [0.15, 0.2) is 0 Å². The molecule has 1 aliphatic heterocycles. The van der Waals surface area contributed by atoms with Crippen molar-refractivity contribution >= 4 is 45.1 Å². The van der Waals surface area contributed by atoms with E-state index in [0.717, 1.165) is 10.6 Å². The highest BCUT2D eigenvalue weighted by Crippen LogP contribution is 2.28. The van der Waals surface area contributed by atoms with E-state index in [1.807, 2.05) is 12.1 Å². The molecule has 2 aromatic carbocycles. The summed E-state index contributed by atoms with van der Waals surface area (Å²) in [6, 6.07) is 15.9. The van der Waals surface area contributed by atoms with Gasteiger partial charge in [-0.05, 0) is 73.7 Å². The minimum absolute atomic E-state index is 0.264. The predicted molar refractivity (Wildman–Crippen MR) is 114 cm³/mol. The van der Waals surface area contributed by atoms with Gasteiger partial charge in [-0.2, -0.15) is 18.5 Å². The molecule has 4 rings (SSSR count). The van der Waals surface area contributed by atoms with Crippen molar-refractivity contribution < 1.29 is 22.2 Å². The average Bonchev–Trinajstić information content (AvgIpc) is 3.28. The van der Waals surface area contributed by atoms with Gasteiger partial charge in [-0.25, -0.2) is 0 Å². The molecule has 1 aromatic heterocycles. The molecule has 2 heterocycles. The van der Waals surface area contributed by atoms with Crippen LogP contribution in [0.3, 0.4) is 0 Å². The molecule has 0 atom stereocenters. The van der Waals surface area contributed by atoms with Crippen LogP contribution in [0.5, 0.6) is 0 Å². The summed E-state index contributed by atoms with van der Waals surface area (Å²) in [4.78, 5) is 12.6. The number of carbonyl (C=O) groups excluding carboxylic acids is 1. The number of anilines is 1. The quantitative estimate of drug-likeness (QED) is 0.468. The maximum atomic E-state index is 12.8. The second kappa shape index (κ2) is 7.56. The Morgan fingerprint density at radius 3 is 2.33 bits per heavy atom. The molecular weight excluding hydrogens is 428 g/mol. The second-order valence-electron chi connectivity index (χ2n) is 6.54. The lowest BCUT2D eigenvalue weighted by molar-refractivity contribution is -0.114. The first-order chi connectivity index (χ1) is 14.2. The standard InChI is InChI=1S/C21H15ClN2O5S/c1-13-19(12-17-8-11-20(29-17)14-2-4-15(22)5-3-14)21(25)24(23-13)16-6-9-18(10-7-16)30(26,27)28/h2-12H,1H3,(H,26,27,28)/b19-12-. The van der Waals surface area contributed by atoms with Gasteiger partial charge < -0.3 is 4.42 Å². The van der Waals surface area contributed by atoms with Crippen LogP contribution in [-0.4, -0.2) is 24.6 Å². The molecule has 9 heteroatoms. The number of rotatable bonds is 4. The fraction of sp³-hybridized carbons (Fsp3) is 0.0476. The summed E-state index contributed by atoms with van der Waals surface area (Å²) in [6.07, 6.45) is 1.60. The van der Waals surface area contributed by atoms with E-state index in [1.54, 1.807) is 37.3 Å². The van der Waals surface area contributed by atoms with Crippen LogP contribution in [0.25, 0.3) is 17.4 Å². The van der Waals surface area contributed by atoms with E-state index in [-0.39, 0.29) is 10.8 Å². The summed E-state index contributed by atoms with van der Waals surface area (Å²) in [5.74, 6) is 0.745. The summed E-state index contributed by atoms with van der Waals surface area (Å²) in [5.41, 5.74) is 2.07. The van der Waals surface area contributed by atoms with Gasteiger partial charge in [0.05, 0.1) is 21.9 Å². The first-order valence-corrected chi connectivity index (χ1v) is 10.6. The molecule has 3 aromatic rings. The third-order valence-electron chi connectivity index (χ3n) is 4.48. The van der Waals surface area contributed by atoms with E-state index < -0.39 is 10.1 Å². The van der Waals surface area contributed by atoms with Gasteiger partial charge in [0.2, 0.25) is 0 Å². The third-order valence-corrected chi connectivity index (χ3v) is 5.60. The molecular formula is C21H15ClN2O5S. The SMILES string of the molecule is CC1=NN(c2ccc(S(=O)(=O)O)cc2)C(=O)/C1=C\c1ccc(-c2ccc(Cl)cc2)o1. The van der Waals surface area contributed by atoms with Crippen molar-refractivity contribution in [3.63, 3.8) is 0 Å². The number of hydrogen-bond donors (Lipinski definition) is 1. The van der Waals surface area contributed by atoms with E-state index in [2.05, 4.69) is 5.10 Å². The highest BCUT2D eigenvalue weighted by Gasteiger charge is 2.29. The highest BCUT2D eigenvalue weighted by molar-refractivity contribution is 7.85. The second-order valence-corrected chi connectivity index (χ2v) is 8.40. The molecule has 1 amide bonds. The zero-order chi connectivity index (χ0) is 21.5. The van der Waals surface area contributed by atoms with Crippen LogP contribution in [0.2, 0.25) is 5.02 Å². The number of hydrogen-bond acceptors (Lipinski definition) is 5.